The van der Waals surface area contributed by atoms with Gasteiger partial charge in [-0.1, -0.05) is 29.8 Å². The molecule has 0 unspecified atom stereocenters. The Morgan fingerprint density at radius 2 is 2.00 bits per heavy atom. The Kier molecular flexibility index (Phi) is 9.18. The van der Waals surface area contributed by atoms with Crippen LogP contribution in [0.15, 0.2) is 29.3 Å². The lowest BCUT2D eigenvalue weighted by Crippen LogP contribution is -2.41. The second-order valence-corrected chi connectivity index (χ2v) is 4.49. The van der Waals surface area contributed by atoms with Gasteiger partial charge in [0.1, 0.15) is 0 Å². The highest BCUT2D eigenvalue weighted by Crippen LogP contribution is 2.15. The Morgan fingerprint density at radius 1 is 1.33 bits per heavy atom. The summed E-state index contributed by atoms with van der Waals surface area (Å²) >= 11 is 6.08. The number of nitrogens with one attached hydrogen (secondary N) is 2. The van der Waals surface area contributed by atoms with Gasteiger partial charge in [-0.2, -0.15) is 0 Å². The summed E-state index contributed by atoms with van der Waals surface area (Å²) in [5.74, 6) is 0.822. The molecule has 1 rings (SSSR count). The molecule has 0 aliphatic heterocycles. The molecule has 0 heterocycles. The lowest BCUT2D eigenvalue weighted by atomic mass is 10.2. The van der Waals surface area contributed by atoms with Crippen LogP contribution < -0.4 is 10.6 Å². The van der Waals surface area contributed by atoms with Gasteiger partial charge in [0.05, 0.1) is 6.54 Å². The number of hydrogen-bond acceptors (Lipinski definition) is 1. The number of guanidine groups is 1. The zero-order chi connectivity index (χ0) is 12.7. The van der Waals surface area contributed by atoms with E-state index in [-0.39, 0.29) is 24.0 Å². The molecule has 18 heavy (non-hydrogen) atoms. The first kappa shape index (κ1) is 17.5. The van der Waals surface area contributed by atoms with Gasteiger partial charge in [0.15, 0.2) is 5.96 Å². The standard InChI is InChI=1S/C13H20ClN3.HI/c1-4-15-13(17-10(2)3)16-9-11-7-5-6-8-12(11)14;/h5-8,10H,4,9H2,1-3H3,(H2,15,16,17);1H. The van der Waals surface area contributed by atoms with Crippen LogP contribution in [0.1, 0.15) is 26.3 Å². The Bertz CT molecular complexity index is 380. The first-order chi connectivity index (χ1) is 8.13. The summed E-state index contributed by atoms with van der Waals surface area (Å²) in [6.45, 7) is 7.65. The Hall–Kier alpha value is -0.490. The maximum Gasteiger partial charge on any atom is 0.191 e. The Labute approximate surface area is 131 Å². The lowest BCUT2D eigenvalue weighted by molar-refractivity contribution is 0.700. The van der Waals surface area contributed by atoms with Crippen LogP contribution in [0.3, 0.4) is 0 Å². The lowest BCUT2D eigenvalue weighted by Gasteiger charge is -2.14. The minimum Gasteiger partial charge on any atom is -0.357 e. The molecule has 0 aliphatic rings. The van der Waals surface area contributed by atoms with E-state index in [4.69, 9.17) is 11.6 Å². The summed E-state index contributed by atoms with van der Waals surface area (Å²) in [4.78, 5) is 4.49. The molecule has 0 radical (unpaired) electrons. The van der Waals surface area contributed by atoms with Crippen molar-refractivity contribution in [3.63, 3.8) is 0 Å². The number of halogens is 2. The van der Waals surface area contributed by atoms with Crippen molar-refractivity contribution in [2.24, 2.45) is 4.99 Å². The van der Waals surface area contributed by atoms with Gasteiger partial charge in [-0.05, 0) is 32.4 Å². The van der Waals surface area contributed by atoms with Crippen LogP contribution in [-0.2, 0) is 6.54 Å². The van der Waals surface area contributed by atoms with E-state index < -0.39 is 0 Å². The number of nitrogens with zero attached hydrogens (tertiary/aromatic N) is 1. The van der Waals surface area contributed by atoms with Gasteiger partial charge in [0.2, 0.25) is 0 Å². The number of rotatable bonds is 4. The molecule has 1 aromatic carbocycles. The fraction of sp³-hybridized carbons (Fsp3) is 0.462. The van der Waals surface area contributed by atoms with Gasteiger partial charge in [-0.3, -0.25) is 0 Å². The highest BCUT2D eigenvalue weighted by atomic mass is 127. The molecule has 0 amide bonds. The molecule has 0 saturated carbocycles. The first-order valence-electron chi connectivity index (χ1n) is 5.91. The Morgan fingerprint density at radius 3 is 2.56 bits per heavy atom. The topological polar surface area (TPSA) is 36.4 Å². The molecule has 0 aliphatic carbocycles. The summed E-state index contributed by atoms with van der Waals surface area (Å²) < 4.78 is 0. The molecular formula is C13H21ClIN3. The summed E-state index contributed by atoms with van der Waals surface area (Å²) in [6, 6.07) is 8.13. The zero-order valence-corrected chi connectivity index (χ0v) is 14.1. The van der Waals surface area contributed by atoms with Crippen LogP contribution in [0.5, 0.6) is 0 Å². The molecule has 0 bridgehead atoms. The molecule has 0 saturated heterocycles. The Balaban J connectivity index is 0.00000289. The van der Waals surface area contributed by atoms with Crippen molar-refractivity contribution >= 4 is 41.5 Å². The molecule has 102 valence electrons. The van der Waals surface area contributed by atoms with E-state index in [1.165, 1.54) is 0 Å². The molecule has 1 aromatic rings. The third kappa shape index (κ3) is 6.44. The molecule has 2 N–H and O–H groups in total. The van der Waals surface area contributed by atoms with Crippen molar-refractivity contribution in [1.29, 1.82) is 0 Å². The third-order valence-corrected chi connectivity index (χ3v) is 2.50. The van der Waals surface area contributed by atoms with Crippen molar-refractivity contribution in [3.05, 3.63) is 34.9 Å². The van der Waals surface area contributed by atoms with Gasteiger partial charge in [-0.15, -0.1) is 24.0 Å². The maximum atomic E-state index is 6.08. The van der Waals surface area contributed by atoms with Crippen LogP contribution in [0.4, 0.5) is 0 Å². The molecular weight excluding hydrogens is 361 g/mol. The normalized spacial score (nSPS) is 11.1. The minimum atomic E-state index is 0. The fourth-order valence-corrected chi connectivity index (χ4v) is 1.58. The van der Waals surface area contributed by atoms with Crippen molar-refractivity contribution in [3.8, 4) is 0 Å². The molecule has 0 aromatic heterocycles. The van der Waals surface area contributed by atoms with Crippen LogP contribution in [0.25, 0.3) is 0 Å². The smallest absolute Gasteiger partial charge is 0.191 e. The van der Waals surface area contributed by atoms with E-state index >= 15 is 0 Å². The molecule has 0 fully saturated rings. The third-order valence-electron chi connectivity index (χ3n) is 2.13. The van der Waals surface area contributed by atoms with Gasteiger partial charge in [-0.25, -0.2) is 4.99 Å². The zero-order valence-electron chi connectivity index (χ0n) is 11.0. The van der Waals surface area contributed by atoms with Gasteiger partial charge >= 0.3 is 0 Å². The van der Waals surface area contributed by atoms with Crippen molar-refractivity contribution in [2.45, 2.75) is 33.4 Å². The van der Waals surface area contributed by atoms with E-state index in [2.05, 4.69) is 29.5 Å². The van der Waals surface area contributed by atoms with Gasteiger partial charge < -0.3 is 10.6 Å². The summed E-state index contributed by atoms with van der Waals surface area (Å²) in [6.07, 6.45) is 0. The molecule has 0 atom stereocenters. The van der Waals surface area contributed by atoms with Gasteiger partial charge in [0, 0.05) is 17.6 Å². The predicted molar refractivity (Wildman–Crippen MR) is 90.0 cm³/mol. The molecule has 5 heteroatoms. The molecule has 3 nitrogen and oxygen atoms in total. The number of aliphatic imine (C=N–C) groups is 1. The van der Waals surface area contributed by atoms with E-state index in [0.717, 1.165) is 23.1 Å². The maximum absolute atomic E-state index is 6.08. The summed E-state index contributed by atoms with van der Waals surface area (Å²) in [5, 5.41) is 7.23. The highest BCUT2D eigenvalue weighted by molar-refractivity contribution is 14.0. The fourth-order valence-electron chi connectivity index (χ4n) is 1.38. The predicted octanol–water partition coefficient (Wildman–Crippen LogP) is 3.42. The van der Waals surface area contributed by atoms with Crippen LogP contribution in [-0.4, -0.2) is 18.5 Å². The van der Waals surface area contributed by atoms with Crippen LogP contribution >= 0.6 is 35.6 Å². The summed E-state index contributed by atoms with van der Waals surface area (Å²) in [5.41, 5.74) is 1.04. The summed E-state index contributed by atoms with van der Waals surface area (Å²) in [7, 11) is 0. The average Bonchev–Trinajstić information content (AvgIpc) is 2.27. The SMILES string of the molecule is CCNC(=NCc1ccccc1Cl)NC(C)C.I. The second-order valence-electron chi connectivity index (χ2n) is 4.09. The monoisotopic (exact) mass is 381 g/mol. The van der Waals surface area contributed by atoms with Crippen molar-refractivity contribution < 1.29 is 0 Å². The van der Waals surface area contributed by atoms with Gasteiger partial charge in [0.25, 0.3) is 0 Å². The second kappa shape index (κ2) is 9.44. The average molecular weight is 382 g/mol. The highest BCUT2D eigenvalue weighted by Gasteiger charge is 2.01. The largest absolute Gasteiger partial charge is 0.357 e. The van der Waals surface area contributed by atoms with Crippen molar-refractivity contribution in [2.75, 3.05) is 6.54 Å². The number of hydrogen-bond donors (Lipinski definition) is 2. The van der Waals surface area contributed by atoms with Crippen molar-refractivity contribution in [1.82, 2.24) is 10.6 Å². The first-order valence-corrected chi connectivity index (χ1v) is 6.29. The van der Waals surface area contributed by atoms with E-state index in [1.54, 1.807) is 0 Å². The van der Waals surface area contributed by atoms with E-state index in [1.807, 2.05) is 31.2 Å². The van der Waals surface area contributed by atoms with E-state index in [0.29, 0.717) is 12.6 Å². The minimum absolute atomic E-state index is 0. The van der Waals surface area contributed by atoms with E-state index in [9.17, 15) is 0 Å². The van der Waals surface area contributed by atoms with Crippen LogP contribution in [0, 0.1) is 0 Å². The quantitative estimate of drug-likeness (QED) is 0.476. The van der Waals surface area contributed by atoms with Crippen LogP contribution in [0.2, 0.25) is 5.02 Å². The number of benzene rings is 1. The molecule has 0 spiro atoms.